The van der Waals surface area contributed by atoms with E-state index in [0.29, 0.717) is 30.3 Å². The van der Waals surface area contributed by atoms with Crippen molar-refractivity contribution in [3.63, 3.8) is 0 Å². The predicted molar refractivity (Wildman–Crippen MR) is 67.1 cm³/mol. The van der Waals surface area contributed by atoms with Gasteiger partial charge >= 0.3 is 0 Å². The molecule has 0 spiro atoms. The van der Waals surface area contributed by atoms with Crippen LogP contribution in [-0.4, -0.2) is 51.2 Å². The lowest BCUT2D eigenvalue weighted by atomic mass is 10.2. The molecule has 0 aromatic carbocycles. The Bertz CT molecular complexity index is 448. The SMILES string of the molecule is Cc1nnsc1C(=O)N1CCOC(C(N)=S)C1. The van der Waals surface area contributed by atoms with Gasteiger partial charge in [0.1, 0.15) is 16.0 Å². The molecule has 1 atom stereocenters. The average Bonchev–Trinajstić information content (AvgIpc) is 2.74. The van der Waals surface area contributed by atoms with Crippen molar-refractivity contribution >= 4 is 34.6 Å². The van der Waals surface area contributed by atoms with Crippen molar-refractivity contribution in [1.82, 2.24) is 14.5 Å². The molecule has 2 rings (SSSR count). The van der Waals surface area contributed by atoms with E-state index in [0.717, 1.165) is 11.5 Å². The molecule has 2 N–H and O–H groups in total. The Morgan fingerprint density at radius 3 is 3.06 bits per heavy atom. The van der Waals surface area contributed by atoms with Gasteiger partial charge in [0.15, 0.2) is 0 Å². The van der Waals surface area contributed by atoms with Crippen molar-refractivity contribution in [2.45, 2.75) is 13.0 Å². The van der Waals surface area contributed by atoms with Crippen LogP contribution in [0, 0.1) is 6.92 Å². The summed E-state index contributed by atoms with van der Waals surface area (Å²) in [6.45, 7) is 3.14. The number of hydrogen-bond donors (Lipinski definition) is 1. The highest BCUT2D eigenvalue weighted by Gasteiger charge is 2.28. The number of nitrogens with zero attached hydrogens (tertiary/aromatic N) is 3. The highest BCUT2D eigenvalue weighted by atomic mass is 32.1. The largest absolute Gasteiger partial charge is 0.391 e. The first-order chi connectivity index (χ1) is 8.09. The molecule has 1 fully saturated rings. The number of aryl methyl sites for hydroxylation is 1. The van der Waals surface area contributed by atoms with Crippen molar-refractivity contribution in [3.05, 3.63) is 10.6 Å². The summed E-state index contributed by atoms with van der Waals surface area (Å²) in [5.74, 6) is -0.0814. The van der Waals surface area contributed by atoms with Crippen LogP contribution < -0.4 is 5.73 Å². The zero-order chi connectivity index (χ0) is 12.4. The van der Waals surface area contributed by atoms with Gasteiger partial charge in [-0.2, -0.15) is 0 Å². The lowest BCUT2D eigenvalue weighted by molar-refractivity contribution is 0.00898. The first kappa shape index (κ1) is 12.3. The molecule has 0 saturated carbocycles. The van der Waals surface area contributed by atoms with Gasteiger partial charge in [-0.3, -0.25) is 4.79 Å². The number of carbonyl (C=O) groups is 1. The van der Waals surface area contributed by atoms with Crippen LogP contribution in [0.15, 0.2) is 0 Å². The summed E-state index contributed by atoms with van der Waals surface area (Å²) in [4.78, 5) is 14.7. The Labute approximate surface area is 108 Å². The van der Waals surface area contributed by atoms with Crippen LogP contribution in [0.25, 0.3) is 0 Å². The van der Waals surface area contributed by atoms with Gasteiger partial charge in [0.25, 0.3) is 5.91 Å². The zero-order valence-corrected chi connectivity index (χ0v) is 10.9. The first-order valence-electron chi connectivity index (χ1n) is 5.08. The van der Waals surface area contributed by atoms with Crippen molar-refractivity contribution in [2.75, 3.05) is 19.7 Å². The second-order valence-corrected chi connectivity index (χ2v) is 4.93. The number of hydrogen-bond acceptors (Lipinski definition) is 6. The van der Waals surface area contributed by atoms with Crippen molar-refractivity contribution < 1.29 is 9.53 Å². The molecule has 1 aliphatic heterocycles. The molecule has 0 radical (unpaired) electrons. The molecule has 1 aromatic rings. The number of rotatable bonds is 2. The van der Waals surface area contributed by atoms with Crippen LogP contribution in [0.2, 0.25) is 0 Å². The lowest BCUT2D eigenvalue weighted by Crippen LogP contribution is -2.49. The third kappa shape index (κ3) is 2.59. The third-order valence-corrected chi connectivity index (χ3v) is 3.60. The maximum Gasteiger partial charge on any atom is 0.267 e. The molecule has 1 aliphatic rings. The zero-order valence-electron chi connectivity index (χ0n) is 9.25. The van der Waals surface area contributed by atoms with Crippen molar-refractivity contribution in [2.24, 2.45) is 5.73 Å². The summed E-state index contributed by atoms with van der Waals surface area (Å²) in [6, 6.07) is 0. The quantitative estimate of drug-likeness (QED) is 0.762. The van der Waals surface area contributed by atoms with E-state index in [9.17, 15) is 4.79 Å². The topological polar surface area (TPSA) is 81.3 Å². The number of thiocarbonyl (C=S) groups is 1. The molecule has 6 nitrogen and oxygen atoms in total. The maximum absolute atomic E-state index is 12.2. The molecular weight excluding hydrogens is 260 g/mol. The summed E-state index contributed by atoms with van der Waals surface area (Å²) in [5.41, 5.74) is 6.18. The summed E-state index contributed by atoms with van der Waals surface area (Å²) < 4.78 is 9.13. The fourth-order valence-corrected chi connectivity index (χ4v) is 2.34. The van der Waals surface area contributed by atoms with E-state index in [4.69, 9.17) is 22.7 Å². The van der Waals surface area contributed by atoms with Gasteiger partial charge in [-0.1, -0.05) is 16.7 Å². The molecule has 17 heavy (non-hydrogen) atoms. The monoisotopic (exact) mass is 272 g/mol. The molecule has 1 unspecified atom stereocenters. The summed E-state index contributed by atoms with van der Waals surface area (Å²) in [6.07, 6.45) is -0.358. The second-order valence-electron chi connectivity index (χ2n) is 3.70. The Morgan fingerprint density at radius 1 is 1.71 bits per heavy atom. The normalized spacial score (nSPS) is 20.3. The molecular formula is C9H12N4O2S2. The lowest BCUT2D eigenvalue weighted by Gasteiger charge is -2.32. The first-order valence-corrected chi connectivity index (χ1v) is 6.27. The molecule has 1 amide bonds. The maximum atomic E-state index is 12.2. The molecule has 0 aliphatic carbocycles. The minimum atomic E-state index is -0.358. The van der Waals surface area contributed by atoms with Gasteiger partial charge in [0, 0.05) is 6.54 Å². The van der Waals surface area contributed by atoms with Gasteiger partial charge in [-0.15, -0.1) is 5.10 Å². The van der Waals surface area contributed by atoms with E-state index < -0.39 is 0 Å². The number of morpholine rings is 1. The number of aromatic nitrogens is 2. The molecule has 1 saturated heterocycles. The summed E-state index contributed by atoms with van der Waals surface area (Å²) >= 11 is 5.98. The van der Waals surface area contributed by atoms with Crippen molar-refractivity contribution in [3.8, 4) is 0 Å². The van der Waals surface area contributed by atoms with Crippen LogP contribution in [0.5, 0.6) is 0 Å². The van der Waals surface area contributed by atoms with E-state index in [1.807, 2.05) is 0 Å². The molecule has 92 valence electrons. The fourth-order valence-electron chi connectivity index (χ4n) is 1.58. The van der Waals surface area contributed by atoms with Gasteiger partial charge in [-0.25, -0.2) is 0 Å². The smallest absolute Gasteiger partial charge is 0.267 e. The van der Waals surface area contributed by atoms with Crippen LogP contribution in [0.1, 0.15) is 15.4 Å². The van der Waals surface area contributed by atoms with E-state index >= 15 is 0 Å². The highest BCUT2D eigenvalue weighted by molar-refractivity contribution is 7.80. The summed E-state index contributed by atoms with van der Waals surface area (Å²) in [7, 11) is 0. The average molecular weight is 272 g/mol. The molecule has 8 heteroatoms. The molecule has 0 bridgehead atoms. The van der Waals surface area contributed by atoms with Gasteiger partial charge in [0.2, 0.25) is 0 Å². The molecule has 1 aromatic heterocycles. The van der Waals surface area contributed by atoms with Gasteiger partial charge in [-0.05, 0) is 18.5 Å². The van der Waals surface area contributed by atoms with E-state index in [-0.39, 0.29) is 17.0 Å². The second kappa shape index (κ2) is 5.03. The van der Waals surface area contributed by atoms with E-state index in [1.54, 1.807) is 11.8 Å². The Kier molecular flexibility index (Phi) is 3.65. The molecule has 2 heterocycles. The Morgan fingerprint density at radius 2 is 2.47 bits per heavy atom. The Balaban J connectivity index is 2.10. The van der Waals surface area contributed by atoms with Crippen molar-refractivity contribution in [1.29, 1.82) is 0 Å². The standard InChI is InChI=1S/C9H12N4O2S2/c1-5-7(17-12-11-5)9(14)13-2-3-15-6(4-13)8(10)16/h6H,2-4H2,1H3,(H2,10,16). The van der Waals surface area contributed by atoms with E-state index in [2.05, 4.69) is 9.59 Å². The Hall–Kier alpha value is -1.12. The third-order valence-electron chi connectivity index (χ3n) is 2.52. The number of carbonyl (C=O) groups excluding carboxylic acids is 1. The van der Waals surface area contributed by atoms with Crippen LogP contribution >= 0.6 is 23.8 Å². The minimum Gasteiger partial charge on any atom is -0.391 e. The summed E-state index contributed by atoms with van der Waals surface area (Å²) in [5, 5.41) is 3.83. The fraction of sp³-hybridized carbons (Fsp3) is 0.556. The van der Waals surface area contributed by atoms with E-state index in [1.165, 1.54) is 0 Å². The number of amides is 1. The van der Waals surface area contributed by atoms with Crippen LogP contribution in [-0.2, 0) is 4.74 Å². The van der Waals surface area contributed by atoms with Gasteiger partial charge < -0.3 is 15.4 Å². The van der Waals surface area contributed by atoms with Gasteiger partial charge in [0.05, 0.1) is 18.8 Å². The van der Waals surface area contributed by atoms with Crippen LogP contribution in [0.3, 0.4) is 0 Å². The number of ether oxygens (including phenoxy) is 1. The minimum absolute atomic E-state index is 0.0814. The van der Waals surface area contributed by atoms with Crippen LogP contribution in [0.4, 0.5) is 0 Å². The number of nitrogens with two attached hydrogens (primary N) is 1. The highest BCUT2D eigenvalue weighted by Crippen LogP contribution is 2.15. The predicted octanol–water partition coefficient (Wildman–Crippen LogP) is -0.0264.